The fourth-order valence-electron chi connectivity index (χ4n) is 1.33. The van der Waals surface area contributed by atoms with E-state index in [0.717, 1.165) is 18.5 Å². The molecule has 1 aromatic rings. The molecule has 0 aliphatic heterocycles. The van der Waals surface area contributed by atoms with Gasteiger partial charge in [-0.2, -0.15) is 0 Å². The quantitative estimate of drug-likeness (QED) is 0.784. The van der Waals surface area contributed by atoms with Crippen LogP contribution in [0, 0.1) is 0 Å². The molecule has 1 saturated carbocycles. The zero-order chi connectivity index (χ0) is 10.9. The summed E-state index contributed by atoms with van der Waals surface area (Å²) < 4.78 is 0. The van der Waals surface area contributed by atoms with Crippen molar-refractivity contribution in [3.05, 3.63) is 24.0 Å². The van der Waals surface area contributed by atoms with Gasteiger partial charge in [-0.1, -0.05) is 0 Å². The first kappa shape index (κ1) is 9.96. The topological polar surface area (TPSA) is 54.0 Å². The van der Waals surface area contributed by atoms with Crippen LogP contribution >= 0.6 is 0 Å². The highest BCUT2D eigenvalue weighted by molar-refractivity contribution is 5.93. The average molecular weight is 205 g/mol. The minimum absolute atomic E-state index is 0.0143. The molecule has 1 heterocycles. The molecule has 0 bridgehead atoms. The Morgan fingerprint density at radius 1 is 1.47 bits per heavy atom. The number of anilines is 1. The third-order valence-electron chi connectivity index (χ3n) is 2.70. The number of rotatable bonds is 3. The maximum absolute atomic E-state index is 11.7. The Bertz CT molecular complexity index is 368. The van der Waals surface area contributed by atoms with Crippen LogP contribution in [0.1, 0.15) is 30.3 Å². The Balaban J connectivity index is 2.05. The highest BCUT2D eigenvalue weighted by Gasteiger charge is 2.38. The Hall–Kier alpha value is -1.58. The lowest BCUT2D eigenvalue weighted by molar-refractivity contribution is 0.0930. The van der Waals surface area contributed by atoms with E-state index in [1.807, 2.05) is 20.0 Å². The Morgan fingerprint density at radius 2 is 2.20 bits per heavy atom. The lowest BCUT2D eigenvalue weighted by Gasteiger charge is -2.10. The van der Waals surface area contributed by atoms with Gasteiger partial charge in [0, 0.05) is 12.6 Å². The van der Waals surface area contributed by atoms with E-state index >= 15 is 0 Å². The second-order valence-corrected chi connectivity index (χ2v) is 4.20. The van der Waals surface area contributed by atoms with Gasteiger partial charge in [-0.3, -0.25) is 4.79 Å². The van der Waals surface area contributed by atoms with Crippen molar-refractivity contribution >= 4 is 11.6 Å². The van der Waals surface area contributed by atoms with Crippen LogP contribution in [0.3, 0.4) is 0 Å². The van der Waals surface area contributed by atoms with Gasteiger partial charge in [0.2, 0.25) is 0 Å². The number of carbonyl (C=O) groups excluding carboxylic acids is 1. The summed E-state index contributed by atoms with van der Waals surface area (Å²) in [5, 5.41) is 5.92. The minimum Gasteiger partial charge on any atom is -0.387 e. The van der Waals surface area contributed by atoms with E-state index in [-0.39, 0.29) is 11.4 Å². The van der Waals surface area contributed by atoms with E-state index in [4.69, 9.17) is 0 Å². The summed E-state index contributed by atoms with van der Waals surface area (Å²) in [6.45, 7) is 2.05. The molecule has 1 fully saturated rings. The number of aromatic nitrogens is 1. The first-order valence-electron chi connectivity index (χ1n) is 5.09. The van der Waals surface area contributed by atoms with Crippen LogP contribution < -0.4 is 10.6 Å². The Kier molecular flexibility index (Phi) is 2.34. The molecule has 15 heavy (non-hydrogen) atoms. The summed E-state index contributed by atoms with van der Waals surface area (Å²) in [5.74, 6) is -0.0855. The van der Waals surface area contributed by atoms with Crippen LogP contribution in [-0.2, 0) is 0 Å². The molecule has 0 spiro atoms. The zero-order valence-corrected chi connectivity index (χ0v) is 9.00. The molecule has 1 aliphatic carbocycles. The largest absolute Gasteiger partial charge is 0.387 e. The van der Waals surface area contributed by atoms with Crippen molar-refractivity contribution in [1.29, 1.82) is 0 Å². The zero-order valence-electron chi connectivity index (χ0n) is 9.00. The lowest BCUT2D eigenvalue weighted by Crippen LogP contribution is -2.34. The molecule has 1 amide bonds. The molecular formula is C11H15N3O. The monoisotopic (exact) mass is 205 g/mol. The normalized spacial score (nSPS) is 16.9. The number of hydrogen-bond donors (Lipinski definition) is 2. The molecule has 0 aromatic carbocycles. The van der Waals surface area contributed by atoms with Crippen LogP contribution in [0.2, 0.25) is 0 Å². The van der Waals surface area contributed by atoms with Gasteiger partial charge in [-0.05, 0) is 31.9 Å². The number of pyridine rings is 1. The molecule has 0 saturated heterocycles. The number of amides is 1. The fraction of sp³-hybridized carbons (Fsp3) is 0.455. The molecule has 4 heteroatoms. The molecule has 1 aliphatic rings. The number of nitrogens with one attached hydrogen (secondary N) is 2. The Morgan fingerprint density at radius 3 is 2.67 bits per heavy atom. The van der Waals surface area contributed by atoms with Crippen molar-refractivity contribution in [3.63, 3.8) is 0 Å². The molecule has 0 radical (unpaired) electrons. The third-order valence-corrected chi connectivity index (χ3v) is 2.70. The molecule has 4 nitrogen and oxygen atoms in total. The smallest absolute Gasteiger partial charge is 0.270 e. The van der Waals surface area contributed by atoms with Crippen molar-refractivity contribution in [2.75, 3.05) is 12.4 Å². The van der Waals surface area contributed by atoms with E-state index in [2.05, 4.69) is 15.6 Å². The molecule has 1 aromatic heterocycles. The fourth-order valence-corrected chi connectivity index (χ4v) is 1.33. The van der Waals surface area contributed by atoms with Gasteiger partial charge in [-0.15, -0.1) is 0 Å². The van der Waals surface area contributed by atoms with Gasteiger partial charge in [0.05, 0.1) is 11.9 Å². The van der Waals surface area contributed by atoms with Crippen molar-refractivity contribution in [3.8, 4) is 0 Å². The number of carbonyl (C=O) groups is 1. The van der Waals surface area contributed by atoms with Gasteiger partial charge in [0.1, 0.15) is 5.69 Å². The van der Waals surface area contributed by atoms with Crippen molar-refractivity contribution in [1.82, 2.24) is 10.3 Å². The molecule has 0 atom stereocenters. The van der Waals surface area contributed by atoms with E-state index in [9.17, 15) is 4.79 Å². The third kappa shape index (κ3) is 2.26. The van der Waals surface area contributed by atoms with Crippen LogP contribution in [0.4, 0.5) is 5.69 Å². The van der Waals surface area contributed by atoms with E-state index in [1.165, 1.54) is 0 Å². The van der Waals surface area contributed by atoms with Gasteiger partial charge in [-0.25, -0.2) is 4.98 Å². The summed E-state index contributed by atoms with van der Waals surface area (Å²) in [6.07, 6.45) is 3.78. The van der Waals surface area contributed by atoms with Crippen molar-refractivity contribution in [2.24, 2.45) is 0 Å². The van der Waals surface area contributed by atoms with E-state index in [1.54, 1.807) is 12.3 Å². The number of hydrogen-bond acceptors (Lipinski definition) is 3. The van der Waals surface area contributed by atoms with Crippen LogP contribution in [0.5, 0.6) is 0 Å². The second-order valence-electron chi connectivity index (χ2n) is 4.20. The predicted octanol–water partition coefficient (Wildman–Crippen LogP) is 1.41. The summed E-state index contributed by atoms with van der Waals surface area (Å²) in [6, 6.07) is 3.57. The maximum atomic E-state index is 11.7. The summed E-state index contributed by atoms with van der Waals surface area (Å²) in [5.41, 5.74) is 1.40. The first-order chi connectivity index (χ1) is 7.13. The van der Waals surface area contributed by atoms with Crippen LogP contribution in [0.15, 0.2) is 18.3 Å². The van der Waals surface area contributed by atoms with Crippen molar-refractivity contribution in [2.45, 2.75) is 25.3 Å². The average Bonchev–Trinajstić information content (AvgIpc) is 2.96. The van der Waals surface area contributed by atoms with Crippen LogP contribution in [0.25, 0.3) is 0 Å². The molecule has 2 rings (SSSR count). The minimum atomic E-state index is -0.0855. The van der Waals surface area contributed by atoms with Gasteiger partial charge in [0.15, 0.2) is 0 Å². The van der Waals surface area contributed by atoms with Gasteiger partial charge < -0.3 is 10.6 Å². The first-order valence-corrected chi connectivity index (χ1v) is 5.09. The maximum Gasteiger partial charge on any atom is 0.270 e. The summed E-state index contributed by atoms with van der Waals surface area (Å²) >= 11 is 0. The molecular weight excluding hydrogens is 190 g/mol. The van der Waals surface area contributed by atoms with Crippen molar-refractivity contribution < 1.29 is 4.79 Å². The second kappa shape index (κ2) is 3.53. The van der Waals surface area contributed by atoms with Gasteiger partial charge >= 0.3 is 0 Å². The molecule has 80 valence electrons. The summed E-state index contributed by atoms with van der Waals surface area (Å²) in [7, 11) is 1.82. The predicted molar refractivity (Wildman–Crippen MR) is 58.9 cm³/mol. The van der Waals surface area contributed by atoms with Crippen LogP contribution in [-0.4, -0.2) is 23.5 Å². The summed E-state index contributed by atoms with van der Waals surface area (Å²) in [4.78, 5) is 15.8. The Labute approximate surface area is 89.1 Å². The highest BCUT2D eigenvalue weighted by atomic mass is 16.2. The van der Waals surface area contributed by atoms with E-state index < -0.39 is 0 Å². The molecule has 2 N–H and O–H groups in total. The number of nitrogens with zero attached hydrogens (tertiary/aromatic N) is 1. The SMILES string of the molecule is CNc1ccc(C(=O)NC2(C)CC2)nc1. The highest BCUT2D eigenvalue weighted by Crippen LogP contribution is 2.34. The van der Waals surface area contributed by atoms with E-state index in [0.29, 0.717) is 5.69 Å². The standard InChI is InChI=1S/C11H15N3O/c1-11(5-6-11)14-10(15)9-4-3-8(12-2)7-13-9/h3-4,7,12H,5-6H2,1-2H3,(H,14,15). The lowest BCUT2D eigenvalue weighted by atomic mass is 10.2. The van der Waals surface area contributed by atoms with Gasteiger partial charge in [0.25, 0.3) is 5.91 Å². The molecule has 0 unspecified atom stereocenters.